The first kappa shape index (κ1) is 21.0. The van der Waals surface area contributed by atoms with Gasteiger partial charge in [-0.25, -0.2) is 15.0 Å². The van der Waals surface area contributed by atoms with E-state index in [9.17, 15) is 9.59 Å². The summed E-state index contributed by atoms with van der Waals surface area (Å²) >= 11 is 0. The fraction of sp³-hybridized carbons (Fsp3) is 0.0385. The van der Waals surface area contributed by atoms with Crippen LogP contribution in [0, 0.1) is 0 Å². The van der Waals surface area contributed by atoms with Crippen molar-refractivity contribution in [3.8, 4) is 11.4 Å². The van der Waals surface area contributed by atoms with Crippen LogP contribution in [0.2, 0.25) is 0 Å². The summed E-state index contributed by atoms with van der Waals surface area (Å²) in [6.45, 7) is 1.39. The predicted molar refractivity (Wildman–Crippen MR) is 133 cm³/mol. The van der Waals surface area contributed by atoms with Crippen molar-refractivity contribution in [2.75, 3.05) is 10.6 Å². The van der Waals surface area contributed by atoms with Gasteiger partial charge < -0.3 is 15.6 Å². The van der Waals surface area contributed by atoms with Crippen LogP contribution in [-0.4, -0.2) is 31.6 Å². The van der Waals surface area contributed by atoms with Crippen molar-refractivity contribution >= 4 is 50.8 Å². The Kier molecular flexibility index (Phi) is 5.53. The van der Waals surface area contributed by atoms with Gasteiger partial charge in [0.05, 0.1) is 16.6 Å². The largest absolute Gasteiger partial charge is 0.340 e. The molecule has 0 radical (unpaired) electrons. The smallest absolute Gasteiger partial charge is 0.248 e. The van der Waals surface area contributed by atoms with Gasteiger partial charge in [0, 0.05) is 28.4 Å². The monoisotopic (exact) mass is 448 g/mol. The number of anilines is 3. The lowest BCUT2D eigenvalue weighted by molar-refractivity contribution is -0.114. The molecule has 8 nitrogen and oxygen atoms in total. The molecule has 0 aliphatic heterocycles. The van der Waals surface area contributed by atoms with E-state index in [-0.39, 0.29) is 11.7 Å². The van der Waals surface area contributed by atoms with Gasteiger partial charge in [-0.1, -0.05) is 30.3 Å². The van der Waals surface area contributed by atoms with E-state index in [0.717, 1.165) is 39.0 Å². The van der Waals surface area contributed by atoms with E-state index in [1.807, 2.05) is 48.5 Å². The zero-order valence-electron chi connectivity index (χ0n) is 18.2. The van der Waals surface area contributed by atoms with Crippen molar-refractivity contribution in [2.24, 2.45) is 0 Å². The van der Waals surface area contributed by atoms with Gasteiger partial charge in [0.1, 0.15) is 18.0 Å². The molecule has 5 aromatic rings. The van der Waals surface area contributed by atoms with Crippen molar-refractivity contribution in [3.63, 3.8) is 0 Å². The topological polar surface area (TPSA) is 113 Å². The highest BCUT2D eigenvalue weighted by Crippen LogP contribution is 2.28. The fourth-order valence-corrected chi connectivity index (χ4v) is 3.57. The molecule has 5 rings (SSSR count). The number of nitrogens with one attached hydrogen (secondary N) is 3. The number of nitrogens with zero attached hydrogens (tertiary/aromatic N) is 3. The summed E-state index contributed by atoms with van der Waals surface area (Å²) in [5.74, 6) is 0.820. The number of ketones is 1. The molecule has 0 saturated carbocycles. The summed E-state index contributed by atoms with van der Waals surface area (Å²) in [4.78, 5) is 39.8. The molecule has 1 amide bonds. The molecule has 0 bridgehead atoms. The van der Waals surface area contributed by atoms with Crippen LogP contribution in [0.15, 0.2) is 85.2 Å². The van der Waals surface area contributed by atoms with E-state index in [0.29, 0.717) is 11.5 Å². The Bertz CT molecular complexity index is 1560. The molecular weight excluding hydrogens is 428 g/mol. The fourth-order valence-electron chi connectivity index (χ4n) is 3.57. The summed E-state index contributed by atoms with van der Waals surface area (Å²) in [6, 6.07) is 21.1. The number of hydrogen-bond acceptors (Lipinski definition) is 6. The number of rotatable bonds is 6. The Labute approximate surface area is 194 Å². The minimum atomic E-state index is -0.389. The number of H-pyrrole nitrogens is 1. The van der Waals surface area contributed by atoms with E-state index in [1.54, 1.807) is 18.2 Å². The molecule has 0 spiro atoms. The summed E-state index contributed by atoms with van der Waals surface area (Å²) in [5.41, 5.74) is 4.90. The summed E-state index contributed by atoms with van der Waals surface area (Å²) < 4.78 is 0. The molecule has 0 aliphatic carbocycles. The maximum absolute atomic E-state index is 12.1. The summed E-state index contributed by atoms with van der Waals surface area (Å²) in [7, 11) is 0. The number of fused-ring (bicyclic) bond motifs is 2. The van der Waals surface area contributed by atoms with Crippen LogP contribution in [0.1, 0.15) is 6.92 Å². The van der Waals surface area contributed by atoms with Crippen LogP contribution in [-0.2, 0) is 9.59 Å². The minimum absolute atomic E-state index is 0.196. The van der Waals surface area contributed by atoms with E-state index in [1.165, 1.54) is 25.4 Å². The first-order valence-electron chi connectivity index (χ1n) is 10.6. The van der Waals surface area contributed by atoms with Gasteiger partial charge in [0.2, 0.25) is 5.91 Å². The van der Waals surface area contributed by atoms with Gasteiger partial charge in [0.15, 0.2) is 5.78 Å². The van der Waals surface area contributed by atoms with E-state index in [2.05, 4.69) is 30.6 Å². The lowest BCUT2D eigenvalue weighted by Gasteiger charge is -2.10. The van der Waals surface area contributed by atoms with E-state index < -0.39 is 0 Å². The second-order valence-corrected chi connectivity index (χ2v) is 7.70. The van der Waals surface area contributed by atoms with Crippen LogP contribution >= 0.6 is 0 Å². The lowest BCUT2D eigenvalue weighted by Crippen LogP contribution is -2.08. The highest BCUT2D eigenvalue weighted by molar-refractivity contribution is 6.05. The third kappa shape index (κ3) is 4.51. The number of carbonyl (C=O) groups is 2. The Morgan fingerprint density at radius 2 is 1.68 bits per heavy atom. The maximum Gasteiger partial charge on any atom is 0.248 e. The number of aromatic amines is 1. The molecule has 3 N–H and O–H groups in total. The van der Waals surface area contributed by atoms with Crippen molar-refractivity contribution < 1.29 is 9.59 Å². The summed E-state index contributed by atoms with van der Waals surface area (Å²) in [6.07, 6.45) is 3.92. The zero-order valence-corrected chi connectivity index (χ0v) is 18.2. The van der Waals surface area contributed by atoms with E-state index >= 15 is 0 Å². The number of carbonyl (C=O) groups excluding carboxylic acids is 2. The molecule has 0 atom stereocenters. The van der Waals surface area contributed by atoms with Gasteiger partial charge >= 0.3 is 0 Å². The second kappa shape index (κ2) is 8.95. The first-order chi connectivity index (χ1) is 16.5. The Morgan fingerprint density at radius 1 is 0.882 bits per heavy atom. The third-order valence-corrected chi connectivity index (χ3v) is 5.16. The number of amides is 1. The van der Waals surface area contributed by atoms with Gasteiger partial charge in [-0.05, 0) is 49.4 Å². The second-order valence-electron chi connectivity index (χ2n) is 7.70. The van der Waals surface area contributed by atoms with Gasteiger partial charge in [-0.3, -0.25) is 9.59 Å². The molecule has 0 unspecified atom stereocenters. The Balaban J connectivity index is 1.43. The average Bonchev–Trinajstić information content (AvgIpc) is 3.27. The number of aromatic nitrogens is 4. The van der Waals surface area contributed by atoms with Crippen molar-refractivity contribution in [1.82, 2.24) is 19.9 Å². The molecule has 2 heterocycles. The number of imidazole rings is 1. The molecule has 3 aromatic carbocycles. The van der Waals surface area contributed by atoms with Crippen LogP contribution < -0.4 is 10.6 Å². The van der Waals surface area contributed by atoms with Crippen molar-refractivity contribution in [3.05, 3.63) is 85.2 Å². The molecule has 0 aliphatic rings. The number of allylic oxidation sites excluding steroid dienone is 1. The Hall–Kier alpha value is -4.85. The van der Waals surface area contributed by atoms with Crippen LogP contribution in [0.5, 0.6) is 0 Å². The summed E-state index contributed by atoms with van der Waals surface area (Å²) in [5, 5.41) is 6.83. The molecule has 166 valence electrons. The number of hydrogen-bond donors (Lipinski definition) is 3. The zero-order chi connectivity index (χ0) is 23.5. The molecule has 8 heteroatoms. The highest BCUT2D eigenvalue weighted by atomic mass is 16.1. The molecule has 34 heavy (non-hydrogen) atoms. The van der Waals surface area contributed by atoms with Crippen molar-refractivity contribution in [2.45, 2.75) is 6.92 Å². The van der Waals surface area contributed by atoms with Crippen molar-refractivity contribution in [1.29, 1.82) is 0 Å². The van der Waals surface area contributed by atoms with Gasteiger partial charge in [0.25, 0.3) is 0 Å². The predicted octanol–water partition coefficient (Wildman–Crippen LogP) is 5.00. The normalized spacial score (nSPS) is 11.2. The molecule has 0 fully saturated rings. The van der Waals surface area contributed by atoms with Crippen LogP contribution in [0.3, 0.4) is 0 Å². The Morgan fingerprint density at radius 3 is 2.50 bits per heavy atom. The number of benzene rings is 3. The maximum atomic E-state index is 12.1. The van der Waals surface area contributed by atoms with E-state index in [4.69, 9.17) is 0 Å². The minimum Gasteiger partial charge on any atom is -0.340 e. The molecule has 0 saturated heterocycles. The van der Waals surface area contributed by atoms with Crippen LogP contribution in [0.25, 0.3) is 33.3 Å². The van der Waals surface area contributed by atoms with Crippen LogP contribution in [0.4, 0.5) is 17.2 Å². The molecule has 2 aromatic heterocycles. The standard InChI is InChI=1S/C26H20N6O2/c1-16(33)7-12-24(34)29-18-8-10-21-20(13-18)26(28-15-27-21)30-19-9-11-22-23(14-19)32-25(31-22)17-5-3-2-4-6-17/h2-15H,1H3,(H,29,34)(H,31,32)(H,27,28,30)/b12-7+. The SMILES string of the molecule is CC(=O)/C=C/C(=O)Nc1ccc2ncnc(Nc3ccc4nc(-c5ccccc5)[nH]c4c3)c2c1. The van der Waals surface area contributed by atoms with Gasteiger partial charge in [-0.2, -0.15) is 0 Å². The molecular formula is C26H20N6O2. The quantitative estimate of drug-likeness (QED) is 0.315. The first-order valence-corrected chi connectivity index (χ1v) is 10.6. The van der Waals surface area contributed by atoms with Gasteiger partial charge in [-0.15, -0.1) is 0 Å². The highest BCUT2D eigenvalue weighted by Gasteiger charge is 2.09. The third-order valence-electron chi connectivity index (χ3n) is 5.16. The lowest BCUT2D eigenvalue weighted by atomic mass is 10.2. The average molecular weight is 448 g/mol.